The summed E-state index contributed by atoms with van der Waals surface area (Å²) >= 11 is 0. The van der Waals surface area contributed by atoms with Crippen molar-refractivity contribution in [3.8, 4) is 0 Å². The van der Waals surface area contributed by atoms with E-state index in [1.54, 1.807) is 0 Å². The highest BCUT2D eigenvalue weighted by Gasteiger charge is 1.99. The van der Waals surface area contributed by atoms with Gasteiger partial charge in [0.15, 0.2) is 0 Å². The van der Waals surface area contributed by atoms with Gasteiger partial charge >= 0.3 is 0 Å². The fourth-order valence-corrected chi connectivity index (χ4v) is 1.36. The molecule has 4 heteroatoms. The Morgan fingerprint density at radius 1 is 1.00 bits per heavy atom. The molecular formula is C10H26N4. The minimum atomic E-state index is 0.756. The Hall–Kier alpha value is -0.160. The van der Waals surface area contributed by atoms with Gasteiger partial charge in [0.2, 0.25) is 0 Å². The summed E-state index contributed by atoms with van der Waals surface area (Å²) in [6.07, 6.45) is 1.22. The van der Waals surface area contributed by atoms with Crippen molar-refractivity contribution in [2.45, 2.75) is 6.42 Å². The lowest BCUT2D eigenvalue weighted by Gasteiger charge is -2.19. The van der Waals surface area contributed by atoms with E-state index >= 15 is 0 Å². The van der Waals surface area contributed by atoms with Gasteiger partial charge in [-0.05, 0) is 40.7 Å². The highest BCUT2D eigenvalue weighted by Crippen LogP contribution is 1.90. The maximum Gasteiger partial charge on any atom is 0.0104 e. The molecular weight excluding hydrogens is 176 g/mol. The van der Waals surface area contributed by atoms with Crippen molar-refractivity contribution in [2.24, 2.45) is 5.73 Å². The minimum absolute atomic E-state index is 0.756. The van der Waals surface area contributed by atoms with Crippen molar-refractivity contribution in [3.05, 3.63) is 0 Å². The summed E-state index contributed by atoms with van der Waals surface area (Å²) in [5, 5.41) is 3.15. The zero-order chi connectivity index (χ0) is 10.8. The van der Waals surface area contributed by atoms with Crippen LogP contribution in [0.4, 0.5) is 0 Å². The molecule has 0 atom stereocenters. The Morgan fingerprint density at radius 3 is 2.07 bits per heavy atom. The largest absolute Gasteiger partial charge is 0.329 e. The molecule has 0 saturated carbocycles. The lowest BCUT2D eigenvalue weighted by molar-refractivity contribution is 0.283. The molecule has 4 nitrogen and oxygen atoms in total. The number of likely N-dealkylation sites (N-methyl/N-ethyl adjacent to an activating group) is 3. The van der Waals surface area contributed by atoms with Gasteiger partial charge < -0.3 is 20.9 Å². The molecule has 0 bridgehead atoms. The summed E-state index contributed by atoms with van der Waals surface area (Å²) in [6, 6.07) is 0. The van der Waals surface area contributed by atoms with Gasteiger partial charge in [0.05, 0.1) is 0 Å². The van der Waals surface area contributed by atoms with Crippen LogP contribution in [-0.4, -0.2) is 70.2 Å². The molecule has 0 heterocycles. The number of hydrogen-bond donors (Lipinski definition) is 2. The topological polar surface area (TPSA) is 44.5 Å². The molecule has 0 saturated heterocycles. The normalized spacial score (nSPS) is 11.6. The second-order valence-electron chi connectivity index (χ2n) is 3.85. The van der Waals surface area contributed by atoms with Crippen LogP contribution in [0.5, 0.6) is 0 Å². The summed E-state index contributed by atoms with van der Waals surface area (Å²) in [6.45, 7) is 6.25. The molecule has 0 aromatic heterocycles. The molecule has 0 spiro atoms. The van der Waals surface area contributed by atoms with E-state index in [2.05, 4.69) is 29.2 Å². The summed E-state index contributed by atoms with van der Waals surface area (Å²) in [5.41, 5.74) is 5.47. The van der Waals surface area contributed by atoms with Crippen molar-refractivity contribution < 1.29 is 0 Å². The highest BCUT2D eigenvalue weighted by atomic mass is 15.1. The van der Waals surface area contributed by atoms with Gasteiger partial charge in [-0.1, -0.05) is 0 Å². The van der Waals surface area contributed by atoms with Crippen molar-refractivity contribution >= 4 is 0 Å². The Morgan fingerprint density at radius 2 is 1.57 bits per heavy atom. The average molecular weight is 202 g/mol. The van der Waals surface area contributed by atoms with Gasteiger partial charge in [0.25, 0.3) is 0 Å². The second kappa shape index (κ2) is 9.40. The van der Waals surface area contributed by atoms with Crippen LogP contribution in [0, 0.1) is 0 Å². The van der Waals surface area contributed by atoms with Crippen LogP contribution in [0.25, 0.3) is 0 Å². The van der Waals surface area contributed by atoms with E-state index < -0.39 is 0 Å². The third kappa shape index (κ3) is 8.44. The molecule has 86 valence electrons. The third-order valence-electron chi connectivity index (χ3n) is 2.33. The van der Waals surface area contributed by atoms with E-state index in [1.165, 1.54) is 6.42 Å². The SMILES string of the molecule is CNCCN(C)CCCN(C)CCN. The molecule has 0 aliphatic heterocycles. The van der Waals surface area contributed by atoms with E-state index in [1.807, 2.05) is 7.05 Å². The molecule has 0 radical (unpaired) electrons. The van der Waals surface area contributed by atoms with Crippen molar-refractivity contribution in [2.75, 3.05) is 60.4 Å². The predicted octanol–water partition coefficient (Wildman–Crippen LogP) is -0.582. The Balaban J connectivity index is 3.25. The highest BCUT2D eigenvalue weighted by molar-refractivity contribution is 4.57. The van der Waals surface area contributed by atoms with Crippen LogP contribution < -0.4 is 11.1 Å². The fraction of sp³-hybridized carbons (Fsp3) is 1.00. The van der Waals surface area contributed by atoms with Crippen molar-refractivity contribution in [1.29, 1.82) is 0 Å². The number of nitrogens with two attached hydrogens (primary N) is 1. The molecule has 14 heavy (non-hydrogen) atoms. The summed E-state index contributed by atoms with van der Waals surface area (Å²) in [7, 11) is 6.28. The van der Waals surface area contributed by atoms with E-state index in [0.29, 0.717) is 0 Å². The van der Waals surface area contributed by atoms with Gasteiger partial charge in [-0.3, -0.25) is 0 Å². The van der Waals surface area contributed by atoms with Crippen LogP contribution in [0.1, 0.15) is 6.42 Å². The van der Waals surface area contributed by atoms with Crippen molar-refractivity contribution in [1.82, 2.24) is 15.1 Å². The van der Waals surface area contributed by atoms with E-state index in [-0.39, 0.29) is 0 Å². The van der Waals surface area contributed by atoms with Crippen molar-refractivity contribution in [3.63, 3.8) is 0 Å². The van der Waals surface area contributed by atoms with E-state index in [4.69, 9.17) is 5.73 Å². The Bertz CT molecular complexity index is 119. The molecule has 0 aromatic carbocycles. The summed E-state index contributed by atoms with van der Waals surface area (Å²) < 4.78 is 0. The summed E-state index contributed by atoms with van der Waals surface area (Å²) in [4.78, 5) is 4.64. The van der Waals surface area contributed by atoms with Crippen LogP contribution in [0.15, 0.2) is 0 Å². The standard InChI is InChI=1S/C10H26N4/c1-12-6-10-14(3)8-4-7-13(2)9-5-11/h12H,4-11H2,1-3H3. The van der Waals surface area contributed by atoms with Gasteiger partial charge in [-0.25, -0.2) is 0 Å². The first-order valence-corrected chi connectivity index (χ1v) is 5.42. The Labute approximate surface area is 88.4 Å². The molecule has 0 fully saturated rings. The molecule has 0 aliphatic carbocycles. The van der Waals surface area contributed by atoms with Crippen LogP contribution in [-0.2, 0) is 0 Å². The minimum Gasteiger partial charge on any atom is -0.329 e. The zero-order valence-corrected chi connectivity index (χ0v) is 9.92. The first-order valence-electron chi connectivity index (χ1n) is 5.42. The van der Waals surface area contributed by atoms with Crippen LogP contribution in [0.2, 0.25) is 0 Å². The second-order valence-corrected chi connectivity index (χ2v) is 3.85. The number of nitrogens with one attached hydrogen (secondary N) is 1. The molecule has 0 rings (SSSR count). The number of hydrogen-bond acceptors (Lipinski definition) is 4. The summed E-state index contributed by atoms with van der Waals surface area (Å²) in [5.74, 6) is 0. The monoisotopic (exact) mass is 202 g/mol. The first kappa shape index (κ1) is 13.8. The Kier molecular flexibility index (Phi) is 9.29. The predicted molar refractivity (Wildman–Crippen MR) is 62.6 cm³/mol. The molecule has 3 N–H and O–H groups in total. The molecule has 0 aliphatic rings. The van der Waals surface area contributed by atoms with Gasteiger partial charge in [0.1, 0.15) is 0 Å². The molecule has 0 aromatic rings. The fourth-order valence-electron chi connectivity index (χ4n) is 1.36. The smallest absolute Gasteiger partial charge is 0.0104 e. The van der Waals surface area contributed by atoms with E-state index in [9.17, 15) is 0 Å². The quantitative estimate of drug-likeness (QED) is 0.525. The van der Waals surface area contributed by atoms with Crippen LogP contribution in [0.3, 0.4) is 0 Å². The first-order chi connectivity index (χ1) is 6.70. The zero-order valence-electron chi connectivity index (χ0n) is 9.92. The maximum atomic E-state index is 5.47. The lowest BCUT2D eigenvalue weighted by atomic mass is 10.3. The van der Waals surface area contributed by atoms with Gasteiger partial charge in [-0.2, -0.15) is 0 Å². The van der Waals surface area contributed by atoms with Crippen LogP contribution >= 0.6 is 0 Å². The van der Waals surface area contributed by atoms with Gasteiger partial charge in [-0.15, -0.1) is 0 Å². The lowest BCUT2D eigenvalue weighted by Crippen LogP contribution is -2.31. The average Bonchev–Trinajstić information content (AvgIpc) is 2.15. The molecule has 0 amide bonds. The molecule has 0 unspecified atom stereocenters. The number of rotatable bonds is 9. The van der Waals surface area contributed by atoms with Gasteiger partial charge in [0, 0.05) is 26.2 Å². The van der Waals surface area contributed by atoms with E-state index in [0.717, 1.165) is 39.3 Å². The third-order valence-corrected chi connectivity index (χ3v) is 2.33. The number of nitrogens with zero attached hydrogens (tertiary/aromatic N) is 2. The maximum absolute atomic E-state index is 5.47.